The molecule has 0 atom stereocenters. The van der Waals surface area contributed by atoms with Crippen LogP contribution in [0.25, 0.3) is 11.0 Å². The van der Waals surface area contributed by atoms with Crippen LogP contribution in [0, 0.1) is 12.3 Å². The van der Waals surface area contributed by atoms with Gasteiger partial charge in [0.25, 0.3) is 5.91 Å². The van der Waals surface area contributed by atoms with Crippen LogP contribution in [-0.4, -0.2) is 45.4 Å². The van der Waals surface area contributed by atoms with Gasteiger partial charge in [-0.15, -0.1) is 0 Å². The molecule has 10 heteroatoms. The standard InChI is InChI=1S/C28H31N7O3/c1-4-38-25(36)13-15-35(27-18(2)6-5-14-31-27)28(37)20-9-12-23-22(16-20)33-24(34(23)3)17-32-21-10-7-19(8-11-21)26(29)30/h5-12,14,16,32H,4,13,15,17H2,1-3H3,(H3,29,30). The monoisotopic (exact) mass is 513 g/mol. The van der Waals surface area contributed by atoms with Crippen LogP contribution >= 0.6 is 0 Å². The van der Waals surface area contributed by atoms with Crippen molar-refractivity contribution >= 4 is 40.3 Å². The topological polar surface area (TPSA) is 139 Å². The molecule has 1 amide bonds. The molecule has 0 saturated heterocycles. The van der Waals surface area contributed by atoms with Crippen LogP contribution in [0.5, 0.6) is 0 Å². The summed E-state index contributed by atoms with van der Waals surface area (Å²) in [6, 6.07) is 16.4. The molecule has 2 aromatic carbocycles. The Balaban J connectivity index is 1.57. The largest absolute Gasteiger partial charge is 0.466 e. The van der Waals surface area contributed by atoms with Crippen molar-refractivity contribution in [3.05, 3.63) is 83.3 Å². The number of amidine groups is 1. The number of nitrogens with zero attached hydrogens (tertiary/aromatic N) is 4. The molecule has 4 rings (SSSR count). The summed E-state index contributed by atoms with van der Waals surface area (Å²) in [5, 5.41) is 10.8. The number of hydrogen-bond donors (Lipinski definition) is 3. The van der Waals surface area contributed by atoms with Crippen molar-refractivity contribution in [1.29, 1.82) is 5.41 Å². The van der Waals surface area contributed by atoms with Crippen molar-refractivity contribution in [2.24, 2.45) is 12.8 Å². The number of rotatable bonds is 10. The zero-order valence-corrected chi connectivity index (χ0v) is 21.7. The summed E-state index contributed by atoms with van der Waals surface area (Å²) in [6.45, 7) is 4.52. The molecular weight excluding hydrogens is 482 g/mol. The third-order valence-corrected chi connectivity index (χ3v) is 6.19. The molecule has 4 N–H and O–H groups in total. The molecule has 10 nitrogen and oxygen atoms in total. The maximum absolute atomic E-state index is 13.7. The molecule has 0 aliphatic heterocycles. The molecule has 0 bridgehead atoms. The maximum Gasteiger partial charge on any atom is 0.307 e. The highest BCUT2D eigenvalue weighted by molar-refractivity contribution is 6.07. The van der Waals surface area contributed by atoms with Gasteiger partial charge in [-0.25, -0.2) is 9.97 Å². The number of carbonyl (C=O) groups is 2. The Labute approximate surface area is 221 Å². The summed E-state index contributed by atoms with van der Waals surface area (Å²) in [7, 11) is 1.93. The lowest BCUT2D eigenvalue weighted by molar-refractivity contribution is -0.142. The molecule has 38 heavy (non-hydrogen) atoms. The summed E-state index contributed by atoms with van der Waals surface area (Å²) in [4.78, 5) is 36.4. The van der Waals surface area contributed by atoms with Crippen molar-refractivity contribution in [3.8, 4) is 0 Å². The Kier molecular flexibility index (Phi) is 8.00. The number of fused-ring (bicyclic) bond motifs is 1. The number of aromatic nitrogens is 3. The zero-order chi connectivity index (χ0) is 27.2. The fourth-order valence-corrected chi connectivity index (χ4v) is 4.15. The van der Waals surface area contributed by atoms with E-state index in [2.05, 4.69) is 10.3 Å². The first kappa shape index (κ1) is 26.3. The van der Waals surface area contributed by atoms with Crippen LogP contribution in [-0.2, 0) is 23.1 Å². The number of imidazole rings is 1. The smallest absolute Gasteiger partial charge is 0.307 e. The SMILES string of the molecule is CCOC(=O)CCN(C(=O)c1ccc2c(c1)nc(CNc1ccc(C(=N)N)cc1)n2C)c1ncccc1C. The van der Waals surface area contributed by atoms with Gasteiger partial charge in [0.15, 0.2) is 0 Å². The molecule has 0 unspecified atom stereocenters. The number of esters is 1. The van der Waals surface area contributed by atoms with Crippen molar-refractivity contribution < 1.29 is 14.3 Å². The van der Waals surface area contributed by atoms with Gasteiger partial charge in [0.05, 0.1) is 30.6 Å². The minimum absolute atomic E-state index is 0.0231. The van der Waals surface area contributed by atoms with E-state index >= 15 is 0 Å². The molecule has 0 aliphatic carbocycles. The normalized spacial score (nSPS) is 10.8. The number of aryl methyl sites for hydroxylation is 2. The highest BCUT2D eigenvalue weighted by atomic mass is 16.5. The number of ether oxygens (including phenoxy) is 1. The summed E-state index contributed by atoms with van der Waals surface area (Å²) < 4.78 is 7.03. The van der Waals surface area contributed by atoms with Gasteiger partial charge < -0.3 is 20.4 Å². The number of benzene rings is 2. The van der Waals surface area contributed by atoms with Gasteiger partial charge in [-0.2, -0.15) is 0 Å². The maximum atomic E-state index is 13.7. The second kappa shape index (κ2) is 11.5. The van der Waals surface area contributed by atoms with Gasteiger partial charge in [-0.05, 0) is 67.9 Å². The van der Waals surface area contributed by atoms with Crippen LogP contribution in [0.1, 0.15) is 40.7 Å². The highest BCUT2D eigenvalue weighted by Crippen LogP contribution is 2.23. The zero-order valence-electron chi connectivity index (χ0n) is 21.7. The van der Waals surface area contributed by atoms with Crippen molar-refractivity contribution in [3.63, 3.8) is 0 Å². The predicted octanol–water partition coefficient (Wildman–Crippen LogP) is 3.77. The number of anilines is 2. The highest BCUT2D eigenvalue weighted by Gasteiger charge is 2.23. The van der Waals surface area contributed by atoms with Gasteiger partial charge in [0.1, 0.15) is 17.5 Å². The number of nitrogens with two attached hydrogens (primary N) is 1. The van der Waals surface area contributed by atoms with Crippen LogP contribution < -0.4 is 16.0 Å². The van der Waals surface area contributed by atoms with Gasteiger partial charge in [-0.1, -0.05) is 6.07 Å². The average Bonchev–Trinajstić information content (AvgIpc) is 3.23. The second-order valence-corrected chi connectivity index (χ2v) is 8.79. The van der Waals surface area contributed by atoms with Gasteiger partial charge in [0, 0.05) is 36.6 Å². The Morgan fingerprint density at radius 3 is 2.55 bits per heavy atom. The quantitative estimate of drug-likeness (QED) is 0.167. The van der Waals surface area contributed by atoms with Crippen molar-refractivity contribution in [2.45, 2.75) is 26.8 Å². The van der Waals surface area contributed by atoms with E-state index in [9.17, 15) is 9.59 Å². The first-order chi connectivity index (χ1) is 18.3. The summed E-state index contributed by atoms with van der Waals surface area (Å²) >= 11 is 0. The van der Waals surface area contributed by atoms with E-state index in [0.717, 1.165) is 22.6 Å². The Morgan fingerprint density at radius 2 is 1.87 bits per heavy atom. The fourth-order valence-electron chi connectivity index (χ4n) is 4.15. The lowest BCUT2D eigenvalue weighted by Crippen LogP contribution is -2.34. The van der Waals surface area contributed by atoms with Crippen LogP contribution in [0.4, 0.5) is 11.5 Å². The fraction of sp³-hybridized carbons (Fsp3) is 0.250. The van der Waals surface area contributed by atoms with E-state index < -0.39 is 0 Å². The molecule has 196 valence electrons. The van der Waals surface area contributed by atoms with Crippen LogP contribution in [0.3, 0.4) is 0 Å². The molecule has 4 aromatic rings. The minimum Gasteiger partial charge on any atom is -0.466 e. The summed E-state index contributed by atoms with van der Waals surface area (Å²) in [5.41, 5.74) is 9.91. The number of nitrogen functional groups attached to an aromatic ring is 1. The van der Waals surface area contributed by atoms with Crippen LogP contribution in [0.15, 0.2) is 60.8 Å². The Morgan fingerprint density at radius 1 is 1.13 bits per heavy atom. The molecule has 0 radical (unpaired) electrons. The minimum atomic E-state index is -0.368. The molecule has 0 aliphatic rings. The van der Waals surface area contributed by atoms with Gasteiger partial charge in [-0.3, -0.25) is 19.9 Å². The molecule has 0 saturated carbocycles. The summed E-state index contributed by atoms with van der Waals surface area (Å²) in [5.74, 6) is 0.680. The van der Waals surface area contributed by atoms with E-state index in [1.54, 1.807) is 43.5 Å². The van der Waals surface area contributed by atoms with Gasteiger partial charge in [0.2, 0.25) is 0 Å². The lowest BCUT2D eigenvalue weighted by Gasteiger charge is -2.23. The van der Waals surface area contributed by atoms with E-state index in [0.29, 0.717) is 29.0 Å². The van der Waals surface area contributed by atoms with E-state index in [1.165, 1.54) is 4.90 Å². The lowest BCUT2D eigenvalue weighted by atomic mass is 10.1. The van der Waals surface area contributed by atoms with Crippen molar-refractivity contribution in [1.82, 2.24) is 14.5 Å². The third kappa shape index (κ3) is 5.80. The third-order valence-electron chi connectivity index (χ3n) is 6.19. The first-order valence-corrected chi connectivity index (χ1v) is 12.3. The average molecular weight is 514 g/mol. The van der Waals surface area contributed by atoms with E-state index in [4.69, 9.17) is 20.9 Å². The first-order valence-electron chi connectivity index (χ1n) is 12.3. The predicted molar refractivity (Wildman–Crippen MR) is 147 cm³/mol. The van der Waals surface area contributed by atoms with E-state index in [-0.39, 0.29) is 37.3 Å². The van der Waals surface area contributed by atoms with E-state index in [1.807, 2.05) is 42.8 Å². The number of nitrogens with one attached hydrogen (secondary N) is 2. The molecule has 0 spiro atoms. The number of amides is 1. The Hall–Kier alpha value is -4.73. The van der Waals surface area contributed by atoms with Gasteiger partial charge >= 0.3 is 5.97 Å². The van der Waals surface area contributed by atoms with Crippen LogP contribution in [0.2, 0.25) is 0 Å². The second-order valence-electron chi connectivity index (χ2n) is 8.79. The molecular formula is C28H31N7O3. The molecule has 2 aromatic heterocycles. The Bertz CT molecular complexity index is 1480. The molecule has 0 fully saturated rings. The van der Waals surface area contributed by atoms with Crippen molar-refractivity contribution in [2.75, 3.05) is 23.4 Å². The number of carbonyl (C=O) groups excluding carboxylic acids is 2. The number of pyridine rings is 1. The summed E-state index contributed by atoms with van der Waals surface area (Å²) in [6.07, 6.45) is 1.69. The number of hydrogen-bond acceptors (Lipinski definition) is 7. The molecule has 2 heterocycles.